The predicted molar refractivity (Wildman–Crippen MR) is 79.7 cm³/mol. The quantitative estimate of drug-likeness (QED) is 0.877. The van der Waals surface area contributed by atoms with Gasteiger partial charge < -0.3 is 5.73 Å². The predicted octanol–water partition coefficient (Wildman–Crippen LogP) is 3.48. The van der Waals surface area contributed by atoms with E-state index in [1.807, 2.05) is 44.4 Å². The topological polar surface area (TPSA) is 51.8 Å². The lowest BCUT2D eigenvalue weighted by Gasteiger charge is -2.12. The van der Waals surface area contributed by atoms with Gasteiger partial charge in [-0.1, -0.05) is 17.7 Å². The van der Waals surface area contributed by atoms with E-state index in [4.69, 9.17) is 17.3 Å². The van der Waals surface area contributed by atoms with Crippen LogP contribution in [-0.2, 0) is 6.42 Å². The Morgan fingerprint density at radius 1 is 1.32 bits per heavy atom. The third-order valence-corrected chi connectivity index (χ3v) is 3.91. The molecule has 100 valence electrons. The van der Waals surface area contributed by atoms with E-state index in [9.17, 15) is 0 Å². The Labute approximate surface area is 122 Å². The molecule has 1 atom stereocenters. The van der Waals surface area contributed by atoms with Crippen molar-refractivity contribution < 1.29 is 0 Å². The van der Waals surface area contributed by atoms with Crippen molar-refractivity contribution in [2.75, 3.05) is 0 Å². The van der Waals surface area contributed by atoms with Crippen molar-refractivity contribution in [2.45, 2.75) is 36.4 Å². The van der Waals surface area contributed by atoms with Gasteiger partial charge in [0.25, 0.3) is 0 Å². The maximum Gasteiger partial charge on any atom is 0.192 e. The lowest BCUT2D eigenvalue weighted by molar-refractivity contribution is 0.729. The fraction of sp³-hybridized carbons (Fsp3) is 0.286. The van der Waals surface area contributed by atoms with Crippen molar-refractivity contribution >= 4 is 23.4 Å². The number of nitrogens with zero attached hydrogens (tertiary/aromatic N) is 2. The summed E-state index contributed by atoms with van der Waals surface area (Å²) in [5.41, 5.74) is 7.99. The van der Waals surface area contributed by atoms with Crippen LogP contribution in [0.5, 0.6) is 0 Å². The first-order chi connectivity index (χ1) is 9.06. The highest BCUT2D eigenvalue weighted by molar-refractivity contribution is 7.99. The summed E-state index contributed by atoms with van der Waals surface area (Å²) in [5.74, 6) is 0. The average Bonchev–Trinajstić information content (AvgIpc) is 2.36. The Morgan fingerprint density at radius 2 is 2.00 bits per heavy atom. The third kappa shape index (κ3) is 3.93. The number of hydrogen-bond acceptors (Lipinski definition) is 4. The first-order valence-corrected chi connectivity index (χ1v) is 7.25. The summed E-state index contributed by atoms with van der Waals surface area (Å²) < 4.78 is 0. The summed E-state index contributed by atoms with van der Waals surface area (Å²) >= 11 is 7.77. The van der Waals surface area contributed by atoms with Gasteiger partial charge in [-0.2, -0.15) is 0 Å². The molecule has 0 saturated carbocycles. The summed E-state index contributed by atoms with van der Waals surface area (Å²) in [5, 5.41) is 1.47. The van der Waals surface area contributed by atoms with Gasteiger partial charge in [0.2, 0.25) is 0 Å². The van der Waals surface area contributed by atoms with E-state index in [0.717, 1.165) is 32.6 Å². The molecule has 0 spiro atoms. The summed E-state index contributed by atoms with van der Waals surface area (Å²) in [6.07, 6.45) is 4.37. The van der Waals surface area contributed by atoms with Crippen molar-refractivity contribution in [1.82, 2.24) is 9.97 Å². The Hall–Kier alpha value is -1.10. The number of halogens is 1. The molecular formula is C14H16ClN3S. The molecule has 2 rings (SSSR count). The lowest BCUT2D eigenvalue weighted by Crippen LogP contribution is -2.18. The summed E-state index contributed by atoms with van der Waals surface area (Å²) in [6.45, 7) is 3.94. The van der Waals surface area contributed by atoms with Crippen LogP contribution in [0.1, 0.15) is 18.1 Å². The van der Waals surface area contributed by atoms with Crippen LogP contribution >= 0.6 is 23.4 Å². The maximum atomic E-state index is 6.26. The average molecular weight is 294 g/mol. The molecule has 1 aromatic heterocycles. The van der Waals surface area contributed by atoms with Gasteiger partial charge in [0, 0.05) is 28.4 Å². The number of aryl methyl sites for hydroxylation is 1. The van der Waals surface area contributed by atoms with Crippen LogP contribution < -0.4 is 5.73 Å². The molecular weight excluding hydrogens is 278 g/mol. The molecule has 0 bridgehead atoms. The van der Waals surface area contributed by atoms with E-state index >= 15 is 0 Å². The third-order valence-electron chi connectivity index (χ3n) is 2.56. The van der Waals surface area contributed by atoms with Crippen LogP contribution in [-0.4, -0.2) is 16.0 Å². The van der Waals surface area contributed by atoms with Gasteiger partial charge in [-0.05, 0) is 55.3 Å². The molecule has 2 aromatic rings. The van der Waals surface area contributed by atoms with Crippen LogP contribution in [0, 0.1) is 6.92 Å². The van der Waals surface area contributed by atoms with E-state index in [0.29, 0.717) is 0 Å². The van der Waals surface area contributed by atoms with E-state index in [1.165, 1.54) is 11.8 Å². The van der Waals surface area contributed by atoms with Gasteiger partial charge in [-0.25, -0.2) is 9.97 Å². The molecule has 0 radical (unpaired) electrons. The summed E-state index contributed by atoms with van der Waals surface area (Å²) in [4.78, 5) is 9.67. The van der Waals surface area contributed by atoms with E-state index < -0.39 is 0 Å². The molecule has 0 aliphatic rings. The molecule has 0 aliphatic carbocycles. The summed E-state index contributed by atoms with van der Waals surface area (Å²) in [7, 11) is 0. The maximum absolute atomic E-state index is 6.26. The summed E-state index contributed by atoms with van der Waals surface area (Å²) in [6, 6.07) is 5.92. The smallest absolute Gasteiger partial charge is 0.192 e. The fourth-order valence-electron chi connectivity index (χ4n) is 1.69. The van der Waals surface area contributed by atoms with Crippen molar-refractivity contribution in [3.63, 3.8) is 0 Å². The molecule has 0 saturated heterocycles. The van der Waals surface area contributed by atoms with Crippen molar-refractivity contribution in [3.05, 3.63) is 46.7 Å². The zero-order valence-corrected chi connectivity index (χ0v) is 12.5. The Morgan fingerprint density at radius 3 is 2.63 bits per heavy atom. The van der Waals surface area contributed by atoms with Gasteiger partial charge in [0.05, 0.1) is 0 Å². The standard InChI is InChI=1S/C14H16ClN3S/c1-9-7-17-14(18-8-9)19-13-5-3-4-12(15)11(13)6-10(2)16/h3-5,7-8,10H,6,16H2,1-2H3. The molecule has 3 nitrogen and oxygen atoms in total. The number of nitrogens with two attached hydrogens (primary N) is 1. The Bertz CT molecular complexity index is 555. The van der Waals surface area contributed by atoms with Gasteiger partial charge in [-0.15, -0.1) is 0 Å². The van der Waals surface area contributed by atoms with Crippen LogP contribution in [0.15, 0.2) is 40.6 Å². The van der Waals surface area contributed by atoms with Crippen molar-refractivity contribution in [3.8, 4) is 0 Å². The zero-order valence-electron chi connectivity index (χ0n) is 10.9. The van der Waals surface area contributed by atoms with E-state index in [2.05, 4.69) is 9.97 Å². The monoisotopic (exact) mass is 293 g/mol. The number of aromatic nitrogens is 2. The van der Waals surface area contributed by atoms with E-state index in [-0.39, 0.29) is 6.04 Å². The minimum absolute atomic E-state index is 0.0678. The largest absolute Gasteiger partial charge is 0.328 e. The normalized spacial score (nSPS) is 12.4. The molecule has 19 heavy (non-hydrogen) atoms. The van der Waals surface area contributed by atoms with Crippen LogP contribution in [0.25, 0.3) is 0 Å². The first kappa shape index (κ1) is 14.3. The van der Waals surface area contributed by atoms with Crippen LogP contribution in [0.3, 0.4) is 0 Å². The number of benzene rings is 1. The number of rotatable bonds is 4. The first-order valence-electron chi connectivity index (χ1n) is 6.05. The fourth-order valence-corrected chi connectivity index (χ4v) is 2.86. The highest BCUT2D eigenvalue weighted by atomic mass is 35.5. The number of hydrogen-bond donors (Lipinski definition) is 1. The molecule has 5 heteroatoms. The molecule has 1 heterocycles. The zero-order chi connectivity index (χ0) is 13.8. The highest BCUT2D eigenvalue weighted by Gasteiger charge is 2.11. The molecule has 1 unspecified atom stereocenters. The SMILES string of the molecule is Cc1cnc(Sc2cccc(Cl)c2CC(C)N)nc1. The van der Waals surface area contributed by atoms with E-state index in [1.54, 1.807) is 0 Å². The second kappa shape index (κ2) is 6.37. The van der Waals surface area contributed by atoms with Gasteiger partial charge in [0.1, 0.15) is 0 Å². The molecule has 0 amide bonds. The molecule has 1 aromatic carbocycles. The second-order valence-electron chi connectivity index (χ2n) is 4.54. The van der Waals surface area contributed by atoms with Crippen molar-refractivity contribution in [2.24, 2.45) is 5.73 Å². The molecule has 0 fully saturated rings. The Kier molecular flexibility index (Phi) is 4.80. The minimum Gasteiger partial charge on any atom is -0.328 e. The van der Waals surface area contributed by atoms with Crippen LogP contribution in [0.2, 0.25) is 5.02 Å². The van der Waals surface area contributed by atoms with Crippen LogP contribution in [0.4, 0.5) is 0 Å². The molecule has 2 N–H and O–H groups in total. The Balaban J connectivity index is 2.29. The lowest BCUT2D eigenvalue weighted by atomic mass is 10.1. The van der Waals surface area contributed by atoms with Gasteiger partial charge in [-0.3, -0.25) is 0 Å². The van der Waals surface area contributed by atoms with Gasteiger partial charge >= 0.3 is 0 Å². The van der Waals surface area contributed by atoms with Gasteiger partial charge in [0.15, 0.2) is 5.16 Å². The molecule has 0 aliphatic heterocycles. The highest BCUT2D eigenvalue weighted by Crippen LogP contribution is 2.32. The second-order valence-corrected chi connectivity index (χ2v) is 5.96. The minimum atomic E-state index is 0.0678. The van der Waals surface area contributed by atoms with Crippen molar-refractivity contribution in [1.29, 1.82) is 0 Å².